The summed E-state index contributed by atoms with van der Waals surface area (Å²) in [6.45, 7) is 0.209. The van der Waals surface area contributed by atoms with Gasteiger partial charge in [-0.25, -0.2) is 0 Å². The molecule has 1 aromatic rings. The number of fused-ring (bicyclic) bond motifs is 1. The Bertz CT molecular complexity index is 499. The van der Waals surface area contributed by atoms with E-state index in [2.05, 4.69) is 5.32 Å². The highest BCUT2D eigenvalue weighted by Gasteiger charge is 2.25. The summed E-state index contributed by atoms with van der Waals surface area (Å²) in [6.07, 6.45) is 6.43. The molecule has 0 atom stereocenters. The molecule has 0 unspecified atom stereocenters. The molecule has 17 heavy (non-hydrogen) atoms. The lowest BCUT2D eigenvalue weighted by Crippen LogP contribution is -2.32. The summed E-state index contributed by atoms with van der Waals surface area (Å²) in [5, 5.41) is 2.93. The molecule has 0 spiro atoms. The summed E-state index contributed by atoms with van der Waals surface area (Å²) in [6, 6.07) is 0.368. The second-order valence-electron chi connectivity index (χ2n) is 4.87. The zero-order chi connectivity index (χ0) is 11.8. The largest absolute Gasteiger partial charge is 0.352 e. The summed E-state index contributed by atoms with van der Waals surface area (Å²) in [5.74, 6) is -0.0132. The quantitative estimate of drug-likeness (QED) is 0.874. The molecule has 3 rings (SSSR count). The Morgan fingerprint density at radius 3 is 2.88 bits per heavy atom. The smallest absolute Gasteiger partial charge is 0.308 e. The maximum Gasteiger partial charge on any atom is 0.308 e. The minimum absolute atomic E-state index is 0.0132. The Morgan fingerprint density at radius 2 is 2.12 bits per heavy atom. The molecule has 0 aliphatic heterocycles. The minimum Gasteiger partial charge on any atom is -0.352 e. The van der Waals surface area contributed by atoms with Crippen LogP contribution in [-0.2, 0) is 24.2 Å². The maximum absolute atomic E-state index is 11.8. The first-order valence-electron chi connectivity index (χ1n) is 6.25. The van der Waals surface area contributed by atoms with Crippen molar-refractivity contribution in [3.05, 3.63) is 20.2 Å². The van der Waals surface area contributed by atoms with Gasteiger partial charge in [-0.15, -0.1) is 0 Å². The lowest BCUT2D eigenvalue weighted by molar-refractivity contribution is -0.121. The third-order valence-corrected chi connectivity index (χ3v) is 4.47. The Kier molecular flexibility index (Phi) is 2.78. The number of nitrogens with one attached hydrogen (secondary N) is 1. The Balaban J connectivity index is 1.79. The van der Waals surface area contributed by atoms with Crippen molar-refractivity contribution in [1.29, 1.82) is 0 Å². The van der Waals surface area contributed by atoms with Crippen LogP contribution in [0.3, 0.4) is 0 Å². The van der Waals surface area contributed by atoms with Crippen molar-refractivity contribution in [2.24, 2.45) is 0 Å². The predicted octanol–water partition coefficient (Wildman–Crippen LogP) is 1.07. The fourth-order valence-electron chi connectivity index (χ4n) is 2.33. The van der Waals surface area contributed by atoms with Crippen LogP contribution < -0.4 is 10.2 Å². The van der Waals surface area contributed by atoms with E-state index in [9.17, 15) is 9.59 Å². The number of aryl methyl sites for hydroxylation is 1. The first kappa shape index (κ1) is 11.0. The van der Waals surface area contributed by atoms with Crippen LogP contribution >= 0.6 is 11.3 Å². The predicted molar refractivity (Wildman–Crippen MR) is 66.4 cm³/mol. The molecule has 1 aromatic heterocycles. The molecule has 92 valence electrons. The van der Waals surface area contributed by atoms with Crippen LogP contribution in [-0.4, -0.2) is 16.5 Å². The molecule has 1 saturated carbocycles. The molecular weight excluding hydrogens is 236 g/mol. The summed E-state index contributed by atoms with van der Waals surface area (Å²) >= 11 is 1.32. The van der Waals surface area contributed by atoms with Crippen LogP contribution in [0.2, 0.25) is 0 Å². The van der Waals surface area contributed by atoms with E-state index in [-0.39, 0.29) is 17.3 Å². The van der Waals surface area contributed by atoms with E-state index in [4.69, 9.17) is 0 Å². The van der Waals surface area contributed by atoms with E-state index in [0.29, 0.717) is 6.04 Å². The van der Waals surface area contributed by atoms with E-state index in [1.807, 2.05) is 0 Å². The number of hydrogen-bond acceptors (Lipinski definition) is 3. The number of amides is 1. The highest BCUT2D eigenvalue weighted by Crippen LogP contribution is 2.23. The van der Waals surface area contributed by atoms with Gasteiger partial charge in [0.15, 0.2) is 0 Å². The maximum atomic E-state index is 11.8. The van der Waals surface area contributed by atoms with E-state index in [0.717, 1.165) is 37.8 Å². The van der Waals surface area contributed by atoms with Gasteiger partial charge in [0.2, 0.25) is 5.91 Å². The Hall–Kier alpha value is -1.10. The Labute approximate surface area is 104 Å². The van der Waals surface area contributed by atoms with Crippen LogP contribution in [0.15, 0.2) is 4.79 Å². The van der Waals surface area contributed by atoms with Gasteiger partial charge in [0, 0.05) is 16.6 Å². The van der Waals surface area contributed by atoms with Gasteiger partial charge in [-0.1, -0.05) is 11.3 Å². The zero-order valence-electron chi connectivity index (χ0n) is 9.70. The number of nitrogens with zero attached hydrogens (tertiary/aromatic N) is 1. The van der Waals surface area contributed by atoms with Crippen molar-refractivity contribution in [3.8, 4) is 0 Å². The second-order valence-corrected chi connectivity index (χ2v) is 5.92. The van der Waals surface area contributed by atoms with Crippen LogP contribution in [0.25, 0.3) is 0 Å². The molecular formula is C12H16N2O2S. The third kappa shape index (κ3) is 2.29. The fraction of sp³-hybridized carbons (Fsp3) is 0.667. The first-order valence-corrected chi connectivity index (χ1v) is 7.06. The molecule has 0 bridgehead atoms. The van der Waals surface area contributed by atoms with E-state index >= 15 is 0 Å². The van der Waals surface area contributed by atoms with Crippen molar-refractivity contribution in [1.82, 2.24) is 9.88 Å². The molecule has 1 N–H and O–H groups in total. The van der Waals surface area contributed by atoms with Gasteiger partial charge in [-0.05, 0) is 38.5 Å². The molecule has 2 aliphatic rings. The van der Waals surface area contributed by atoms with Crippen molar-refractivity contribution in [3.63, 3.8) is 0 Å². The molecule has 0 aromatic carbocycles. The van der Waals surface area contributed by atoms with E-state index < -0.39 is 0 Å². The molecule has 0 radical (unpaired) electrons. The zero-order valence-corrected chi connectivity index (χ0v) is 10.5. The second kappa shape index (κ2) is 4.29. The number of rotatable bonds is 3. The van der Waals surface area contributed by atoms with Crippen LogP contribution in [0.1, 0.15) is 36.3 Å². The SMILES string of the molecule is O=C(Cn1c2c(sc1=O)CCCC2)NC1CC1. The van der Waals surface area contributed by atoms with Gasteiger partial charge in [-0.3, -0.25) is 14.2 Å². The Morgan fingerprint density at radius 1 is 1.35 bits per heavy atom. The van der Waals surface area contributed by atoms with Crippen molar-refractivity contribution >= 4 is 17.2 Å². The number of hydrogen-bond donors (Lipinski definition) is 1. The summed E-state index contributed by atoms with van der Waals surface area (Å²) in [7, 11) is 0. The third-order valence-electron chi connectivity index (χ3n) is 3.39. The fourth-order valence-corrected chi connectivity index (χ4v) is 3.40. The monoisotopic (exact) mass is 252 g/mol. The van der Waals surface area contributed by atoms with Crippen LogP contribution in [0.5, 0.6) is 0 Å². The van der Waals surface area contributed by atoms with Gasteiger partial charge in [-0.2, -0.15) is 0 Å². The van der Waals surface area contributed by atoms with Gasteiger partial charge >= 0.3 is 4.87 Å². The summed E-state index contributed by atoms with van der Waals surface area (Å²) in [5.41, 5.74) is 1.11. The lowest BCUT2D eigenvalue weighted by Gasteiger charge is -2.13. The highest BCUT2D eigenvalue weighted by atomic mass is 32.1. The van der Waals surface area contributed by atoms with Gasteiger partial charge in [0.05, 0.1) is 0 Å². The molecule has 1 amide bonds. The van der Waals surface area contributed by atoms with E-state index in [1.54, 1.807) is 4.57 Å². The molecule has 4 nitrogen and oxygen atoms in total. The molecule has 1 fully saturated rings. The first-order chi connectivity index (χ1) is 8.24. The van der Waals surface area contributed by atoms with Gasteiger partial charge < -0.3 is 5.32 Å². The average molecular weight is 252 g/mol. The average Bonchev–Trinajstić information content (AvgIpc) is 3.05. The van der Waals surface area contributed by atoms with Crippen molar-refractivity contribution in [2.45, 2.75) is 51.1 Å². The highest BCUT2D eigenvalue weighted by molar-refractivity contribution is 7.09. The minimum atomic E-state index is -0.0132. The number of thiazole rings is 1. The lowest BCUT2D eigenvalue weighted by atomic mass is 10.0. The molecule has 1 heterocycles. The van der Waals surface area contributed by atoms with Crippen LogP contribution in [0, 0.1) is 0 Å². The van der Waals surface area contributed by atoms with Crippen molar-refractivity contribution < 1.29 is 4.79 Å². The van der Waals surface area contributed by atoms with Gasteiger partial charge in [0.25, 0.3) is 0 Å². The standard InChI is InChI=1S/C12H16N2O2S/c15-11(13-8-5-6-8)7-14-9-3-1-2-4-10(9)17-12(14)16/h8H,1-7H2,(H,13,15). The van der Waals surface area contributed by atoms with Gasteiger partial charge in [0.1, 0.15) is 6.54 Å². The van der Waals surface area contributed by atoms with Crippen molar-refractivity contribution in [2.75, 3.05) is 0 Å². The molecule has 5 heteroatoms. The summed E-state index contributed by atoms with van der Waals surface area (Å²) in [4.78, 5) is 24.8. The number of aromatic nitrogens is 1. The molecule has 0 saturated heterocycles. The summed E-state index contributed by atoms with van der Waals surface area (Å²) < 4.78 is 1.68. The normalized spacial score (nSPS) is 18.8. The van der Waals surface area contributed by atoms with Crippen LogP contribution in [0.4, 0.5) is 0 Å². The van der Waals surface area contributed by atoms with E-state index in [1.165, 1.54) is 22.6 Å². The number of carbonyl (C=O) groups is 1. The topological polar surface area (TPSA) is 51.1 Å². The number of carbonyl (C=O) groups excluding carboxylic acids is 1. The molecule has 2 aliphatic carbocycles.